The van der Waals surface area contributed by atoms with Crippen molar-refractivity contribution < 1.29 is 9.53 Å². The Labute approximate surface area is 148 Å². The van der Waals surface area contributed by atoms with Crippen LogP contribution >= 0.6 is 11.6 Å². The Kier molecular flexibility index (Phi) is 6.50. The summed E-state index contributed by atoms with van der Waals surface area (Å²) in [7, 11) is 0. The van der Waals surface area contributed by atoms with E-state index in [0.717, 1.165) is 30.0 Å². The number of benzene rings is 2. The SMILES string of the molecule is CCN(CC)c1ccc(NC(=O)COc2ccccc2Cl)c(C)c1. The molecular weight excluding hydrogens is 324 g/mol. The summed E-state index contributed by atoms with van der Waals surface area (Å²) >= 11 is 6.01. The predicted octanol–water partition coefficient (Wildman–Crippen LogP) is 4.51. The predicted molar refractivity (Wildman–Crippen MR) is 100 cm³/mol. The first-order chi connectivity index (χ1) is 11.5. The molecule has 0 aliphatic rings. The number of aryl methyl sites for hydroxylation is 1. The third kappa shape index (κ3) is 4.65. The molecule has 0 aliphatic carbocycles. The normalized spacial score (nSPS) is 10.3. The Morgan fingerprint density at radius 2 is 1.88 bits per heavy atom. The highest BCUT2D eigenvalue weighted by molar-refractivity contribution is 6.32. The molecule has 1 amide bonds. The van der Waals surface area contributed by atoms with Gasteiger partial charge < -0.3 is 15.0 Å². The highest BCUT2D eigenvalue weighted by atomic mass is 35.5. The number of carbonyl (C=O) groups excluding carboxylic acids is 1. The van der Waals surface area contributed by atoms with Gasteiger partial charge in [-0.25, -0.2) is 0 Å². The molecule has 2 rings (SSSR count). The lowest BCUT2D eigenvalue weighted by atomic mass is 10.1. The topological polar surface area (TPSA) is 41.6 Å². The van der Waals surface area contributed by atoms with E-state index < -0.39 is 0 Å². The maximum absolute atomic E-state index is 12.1. The van der Waals surface area contributed by atoms with Gasteiger partial charge in [0.25, 0.3) is 5.91 Å². The van der Waals surface area contributed by atoms with Crippen LogP contribution in [-0.2, 0) is 4.79 Å². The average Bonchev–Trinajstić information content (AvgIpc) is 2.57. The van der Waals surface area contributed by atoms with Crippen molar-refractivity contribution in [1.82, 2.24) is 0 Å². The number of amides is 1. The zero-order valence-electron chi connectivity index (χ0n) is 14.3. The zero-order chi connectivity index (χ0) is 17.5. The van der Waals surface area contributed by atoms with E-state index in [1.807, 2.05) is 31.2 Å². The molecule has 0 bridgehead atoms. The van der Waals surface area contributed by atoms with Gasteiger partial charge in [0.2, 0.25) is 0 Å². The van der Waals surface area contributed by atoms with Crippen LogP contribution < -0.4 is 15.0 Å². The molecule has 0 aliphatic heterocycles. The van der Waals surface area contributed by atoms with Gasteiger partial charge in [0.1, 0.15) is 5.75 Å². The molecule has 24 heavy (non-hydrogen) atoms. The number of para-hydroxylation sites is 1. The lowest BCUT2D eigenvalue weighted by Gasteiger charge is -2.22. The molecule has 0 fully saturated rings. The largest absolute Gasteiger partial charge is 0.482 e. The summed E-state index contributed by atoms with van der Waals surface area (Å²) < 4.78 is 5.46. The monoisotopic (exact) mass is 346 g/mol. The number of nitrogens with one attached hydrogen (secondary N) is 1. The molecule has 2 aromatic carbocycles. The second-order valence-electron chi connectivity index (χ2n) is 5.44. The third-order valence-corrected chi connectivity index (χ3v) is 4.12. The number of ether oxygens (including phenoxy) is 1. The van der Waals surface area contributed by atoms with Gasteiger partial charge in [0.15, 0.2) is 6.61 Å². The molecule has 0 aromatic heterocycles. The smallest absolute Gasteiger partial charge is 0.262 e. The molecule has 2 aromatic rings. The first kappa shape index (κ1) is 18.1. The van der Waals surface area contributed by atoms with Gasteiger partial charge in [-0.1, -0.05) is 23.7 Å². The molecule has 0 heterocycles. The zero-order valence-corrected chi connectivity index (χ0v) is 15.1. The maximum atomic E-state index is 12.1. The summed E-state index contributed by atoms with van der Waals surface area (Å²) in [4.78, 5) is 14.4. The summed E-state index contributed by atoms with van der Waals surface area (Å²) in [5, 5.41) is 3.37. The molecule has 0 spiro atoms. The quantitative estimate of drug-likeness (QED) is 0.801. The van der Waals surface area contributed by atoms with Crippen LogP contribution in [0.4, 0.5) is 11.4 Å². The minimum Gasteiger partial charge on any atom is -0.482 e. The van der Waals surface area contributed by atoms with Gasteiger partial charge in [0, 0.05) is 24.5 Å². The van der Waals surface area contributed by atoms with Gasteiger partial charge in [-0.05, 0) is 56.7 Å². The Balaban J connectivity index is 1.98. The summed E-state index contributed by atoms with van der Waals surface area (Å²) in [6.45, 7) is 8.06. The van der Waals surface area contributed by atoms with E-state index in [0.29, 0.717) is 10.8 Å². The van der Waals surface area contributed by atoms with E-state index in [1.165, 1.54) is 0 Å². The van der Waals surface area contributed by atoms with Crippen molar-refractivity contribution in [2.45, 2.75) is 20.8 Å². The van der Waals surface area contributed by atoms with Crippen LogP contribution in [0.5, 0.6) is 5.75 Å². The van der Waals surface area contributed by atoms with E-state index in [2.05, 4.69) is 30.1 Å². The Morgan fingerprint density at radius 3 is 2.50 bits per heavy atom. The fraction of sp³-hybridized carbons (Fsp3) is 0.316. The van der Waals surface area contributed by atoms with Gasteiger partial charge in [-0.3, -0.25) is 4.79 Å². The van der Waals surface area contributed by atoms with Crippen molar-refractivity contribution in [3.63, 3.8) is 0 Å². The van der Waals surface area contributed by atoms with Crippen LogP contribution in [0.3, 0.4) is 0 Å². The summed E-state index contributed by atoms with van der Waals surface area (Å²) in [5.74, 6) is 0.288. The molecule has 0 saturated heterocycles. The Morgan fingerprint density at radius 1 is 1.17 bits per heavy atom. The number of hydrogen-bond acceptors (Lipinski definition) is 3. The molecule has 4 nitrogen and oxygen atoms in total. The Hall–Kier alpha value is -2.20. The lowest BCUT2D eigenvalue weighted by molar-refractivity contribution is -0.118. The summed E-state index contributed by atoms with van der Waals surface area (Å²) in [6, 6.07) is 13.1. The van der Waals surface area contributed by atoms with E-state index in [1.54, 1.807) is 12.1 Å². The number of anilines is 2. The number of halogens is 1. The second kappa shape index (κ2) is 8.60. The second-order valence-corrected chi connectivity index (χ2v) is 5.85. The molecule has 0 unspecified atom stereocenters. The standard InChI is InChI=1S/C19H23ClN2O2/c1-4-22(5-2)15-10-11-17(14(3)12-15)21-19(23)13-24-18-9-7-6-8-16(18)20/h6-12H,4-5,13H2,1-3H3,(H,21,23). The minimum absolute atomic E-state index is 0.0824. The van der Waals surface area contributed by atoms with E-state index in [4.69, 9.17) is 16.3 Å². The lowest BCUT2D eigenvalue weighted by Crippen LogP contribution is -2.23. The van der Waals surface area contributed by atoms with Crippen molar-refractivity contribution in [2.75, 3.05) is 29.9 Å². The minimum atomic E-state index is -0.214. The van der Waals surface area contributed by atoms with Crippen LogP contribution in [0.15, 0.2) is 42.5 Å². The van der Waals surface area contributed by atoms with Gasteiger partial charge >= 0.3 is 0 Å². The number of nitrogens with zero attached hydrogens (tertiary/aromatic N) is 1. The summed E-state index contributed by atoms with van der Waals surface area (Å²) in [6.07, 6.45) is 0. The van der Waals surface area contributed by atoms with Crippen molar-refractivity contribution >= 4 is 28.9 Å². The molecule has 128 valence electrons. The van der Waals surface area contributed by atoms with Crippen LogP contribution in [0.25, 0.3) is 0 Å². The van der Waals surface area contributed by atoms with Crippen molar-refractivity contribution in [2.24, 2.45) is 0 Å². The van der Waals surface area contributed by atoms with Gasteiger partial charge in [0.05, 0.1) is 5.02 Å². The fourth-order valence-corrected chi connectivity index (χ4v) is 2.66. The first-order valence-corrected chi connectivity index (χ1v) is 8.45. The van der Waals surface area contributed by atoms with Gasteiger partial charge in [-0.15, -0.1) is 0 Å². The van der Waals surface area contributed by atoms with Crippen LogP contribution in [0.2, 0.25) is 5.02 Å². The molecule has 1 N–H and O–H groups in total. The molecule has 5 heteroatoms. The fourth-order valence-electron chi connectivity index (χ4n) is 2.46. The van der Waals surface area contributed by atoms with E-state index in [9.17, 15) is 4.79 Å². The van der Waals surface area contributed by atoms with Crippen LogP contribution in [0, 0.1) is 6.92 Å². The average molecular weight is 347 g/mol. The third-order valence-electron chi connectivity index (χ3n) is 3.81. The van der Waals surface area contributed by atoms with Crippen LogP contribution in [0.1, 0.15) is 19.4 Å². The van der Waals surface area contributed by atoms with Crippen molar-refractivity contribution in [3.8, 4) is 5.75 Å². The first-order valence-electron chi connectivity index (χ1n) is 8.08. The highest BCUT2D eigenvalue weighted by Gasteiger charge is 2.09. The van der Waals surface area contributed by atoms with Crippen molar-refractivity contribution in [3.05, 3.63) is 53.1 Å². The number of rotatable bonds is 7. The van der Waals surface area contributed by atoms with Crippen molar-refractivity contribution in [1.29, 1.82) is 0 Å². The van der Waals surface area contributed by atoms with Crippen LogP contribution in [-0.4, -0.2) is 25.6 Å². The molecular formula is C19H23ClN2O2. The summed E-state index contributed by atoms with van der Waals surface area (Å²) in [5.41, 5.74) is 2.96. The maximum Gasteiger partial charge on any atom is 0.262 e. The Bertz CT molecular complexity index is 700. The van der Waals surface area contributed by atoms with Gasteiger partial charge in [-0.2, -0.15) is 0 Å². The van der Waals surface area contributed by atoms with E-state index >= 15 is 0 Å². The molecule has 0 radical (unpaired) electrons. The van der Waals surface area contributed by atoms with E-state index in [-0.39, 0.29) is 12.5 Å². The number of hydrogen-bond donors (Lipinski definition) is 1. The highest BCUT2D eigenvalue weighted by Crippen LogP contribution is 2.24. The number of carbonyl (C=O) groups is 1. The molecule has 0 saturated carbocycles. The molecule has 0 atom stereocenters.